The molecule has 7 nitrogen and oxygen atoms in total. The topological polar surface area (TPSA) is 72.0 Å². The lowest BCUT2D eigenvalue weighted by molar-refractivity contribution is 0.0493. The van der Waals surface area contributed by atoms with Crippen molar-refractivity contribution < 1.29 is 5.11 Å². The van der Waals surface area contributed by atoms with Crippen molar-refractivity contribution >= 4 is 0 Å². The Morgan fingerprint density at radius 1 is 1.30 bits per heavy atom. The Morgan fingerprint density at radius 3 is 2.87 bits per heavy atom. The largest absolute Gasteiger partial charge is 0.390 e. The summed E-state index contributed by atoms with van der Waals surface area (Å²) < 4.78 is 3.78. The summed E-state index contributed by atoms with van der Waals surface area (Å²) >= 11 is 0. The molecule has 2 aromatic heterocycles. The van der Waals surface area contributed by atoms with Crippen LogP contribution in [0.5, 0.6) is 0 Å². The van der Waals surface area contributed by atoms with Crippen LogP contribution in [0.1, 0.15) is 30.9 Å². The zero-order chi connectivity index (χ0) is 16.2. The van der Waals surface area contributed by atoms with Crippen LogP contribution >= 0.6 is 0 Å². The minimum atomic E-state index is -0.408. The first-order valence-corrected chi connectivity index (χ1v) is 8.39. The molecule has 1 aliphatic rings. The Bertz CT molecular complexity index is 608. The molecule has 1 saturated heterocycles. The summed E-state index contributed by atoms with van der Waals surface area (Å²) in [6.07, 6.45) is 6.80. The van der Waals surface area contributed by atoms with Gasteiger partial charge in [-0.3, -0.25) is 9.58 Å². The molecule has 126 valence electrons. The van der Waals surface area contributed by atoms with Gasteiger partial charge in [0.2, 0.25) is 0 Å². The molecule has 0 aromatic carbocycles. The number of aromatic nitrogens is 5. The molecule has 0 saturated carbocycles. The molecule has 0 amide bonds. The number of aryl methyl sites for hydroxylation is 2. The molecular formula is C16H26N6O. The Labute approximate surface area is 136 Å². The number of nitrogens with zero attached hydrogens (tertiary/aromatic N) is 6. The van der Waals surface area contributed by atoms with Crippen molar-refractivity contribution in [3.05, 3.63) is 30.1 Å². The number of hydrogen-bond acceptors (Lipinski definition) is 5. The second kappa shape index (κ2) is 7.23. The lowest BCUT2D eigenvalue weighted by atomic mass is 10.0. The second-order valence-corrected chi connectivity index (χ2v) is 6.41. The maximum Gasteiger partial charge on any atom is 0.147 e. The summed E-state index contributed by atoms with van der Waals surface area (Å²) in [6.45, 7) is 7.03. The average Bonchev–Trinajstić information content (AvgIpc) is 3.11. The van der Waals surface area contributed by atoms with E-state index in [1.54, 1.807) is 10.9 Å². The molecule has 0 spiro atoms. The van der Waals surface area contributed by atoms with Gasteiger partial charge in [-0.2, -0.15) is 10.2 Å². The van der Waals surface area contributed by atoms with E-state index in [4.69, 9.17) is 0 Å². The number of aliphatic hydroxyl groups excluding tert-OH is 1. The Morgan fingerprint density at radius 2 is 2.17 bits per heavy atom. The van der Waals surface area contributed by atoms with Gasteiger partial charge in [-0.15, -0.1) is 0 Å². The van der Waals surface area contributed by atoms with Crippen LogP contribution in [0.4, 0.5) is 0 Å². The lowest BCUT2D eigenvalue weighted by Gasteiger charge is -2.36. The van der Waals surface area contributed by atoms with Crippen LogP contribution in [0.2, 0.25) is 0 Å². The molecule has 2 atom stereocenters. The fourth-order valence-corrected chi connectivity index (χ4v) is 3.39. The van der Waals surface area contributed by atoms with E-state index >= 15 is 0 Å². The van der Waals surface area contributed by atoms with Gasteiger partial charge in [0.15, 0.2) is 0 Å². The lowest BCUT2D eigenvalue weighted by Crippen LogP contribution is -2.46. The third kappa shape index (κ3) is 4.17. The number of rotatable bonds is 6. The van der Waals surface area contributed by atoms with E-state index in [-0.39, 0.29) is 0 Å². The van der Waals surface area contributed by atoms with Crippen molar-refractivity contribution in [2.24, 2.45) is 0 Å². The number of aliphatic hydroxyl groups is 1. The van der Waals surface area contributed by atoms with E-state index in [9.17, 15) is 5.11 Å². The van der Waals surface area contributed by atoms with Crippen LogP contribution in [0.3, 0.4) is 0 Å². The van der Waals surface area contributed by atoms with Crippen LogP contribution in [-0.2, 0) is 13.1 Å². The van der Waals surface area contributed by atoms with Gasteiger partial charge in [0, 0.05) is 25.0 Å². The molecule has 0 aliphatic carbocycles. The van der Waals surface area contributed by atoms with Gasteiger partial charge in [0.25, 0.3) is 0 Å². The third-order valence-corrected chi connectivity index (χ3v) is 4.50. The zero-order valence-electron chi connectivity index (χ0n) is 14.0. The van der Waals surface area contributed by atoms with Crippen LogP contribution in [0.25, 0.3) is 0 Å². The van der Waals surface area contributed by atoms with Crippen LogP contribution in [-0.4, -0.2) is 59.8 Å². The predicted octanol–water partition coefficient (Wildman–Crippen LogP) is 1.01. The molecule has 3 rings (SSSR count). The molecule has 7 heteroatoms. The van der Waals surface area contributed by atoms with Gasteiger partial charge >= 0.3 is 0 Å². The highest BCUT2D eigenvalue weighted by atomic mass is 16.3. The average molecular weight is 318 g/mol. The van der Waals surface area contributed by atoms with E-state index in [2.05, 4.69) is 20.1 Å². The Hall–Kier alpha value is -1.73. The summed E-state index contributed by atoms with van der Waals surface area (Å²) in [6, 6.07) is 2.29. The quantitative estimate of drug-likeness (QED) is 0.860. The van der Waals surface area contributed by atoms with Gasteiger partial charge in [-0.1, -0.05) is 6.42 Å². The zero-order valence-corrected chi connectivity index (χ0v) is 14.0. The highest BCUT2D eigenvalue weighted by Crippen LogP contribution is 2.19. The summed E-state index contributed by atoms with van der Waals surface area (Å²) in [5.41, 5.74) is 0. The number of likely N-dealkylation sites (tertiary alicyclic amines) is 1. The first-order valence-electron chi connectivity index (χ1n) is 8.39. The molecular weight excluding hydrogens is 292 g/mol. The van der Waals surface area contributed by atoms with E-state index in [0.717, 1.165) is 31.2 Å². The Balaban J connectivity index is 1.60. The molecule has 2 aromatic rings. The normalized spacial score (nSPS) is 20.7. The maximum atomic E-state index is 10.4. The first kappa shape index (κ1) is 16.1. The monoisotopic (exact) mass is 318 g/mol. The fraction of sp³-hybridized carbons (Fsp3) is 0.688. The van der Waals surface area contributed by atoms with Crippen molar-refractivity contribution in [3.63, 3.8) is 0 Å². The number of piperidine rings is 1. The van der Waals surface area contributed by atoms with Gasteiger partial charge in [0.1, 0.15) is 11.6 Å². The van der Waals surface area contributed by atoms with Crippen molar-refractivity contribution in [3.8, 4) is 0 Å². The van der Waals surface area contributed by atoms with Crippen molar-refractivity contribution in [2.75, 3.05) is 13.1 Å². The van der Waals surface area contributed by atoms with E-state index in [1.165, 1.54) is 12.8 Å². The van der Waals surface area contributed by atoms with Gasteiger partial charge in [0.05, 0.1) is 19.2 Å². The molecule has 3 heterocycles. The van der Waals surface area contributed by atoms with Crippen LogP contribution in [0, 0.1) is 13.8 Å². The number of hydrogen-bond donors (Lipinski definition) is 1. The fourth-order valence-electron chi connectivity index (χ4n) is 3.39. The summed E-state index contributed by atoms with van der Waals surface area (Å²) in [5, 5.41) is 19.0. The van der Waals surface area contributed by atoms with Crippen molar-refractivity contribution in [1.82, 2.24) is 29.4 Å². The SMILES string of the molecule is Cc1nc(C)n(C[C@H]2CCCCN2C[C@H](O)Cn2cccn2)n1. The van der Waals surface area contributed by atoms with Gasteiger partial charge < -0.3 is 5.11 Å². The molecule has 0 bridgehead atoms. The van der Waals surface area contributed by atoms with Crippen LogP contribution < -0.4 is 0 Å². The molecule has 1 aliphatic heterocycles. The predicted molar refractivity (Wildman–Crippen MR) is 86.9 cm³/mol. The van der Waals surface area contributed by atoms with Crippen LogP contribution in [0.15, 0.2) is 18.5 Å². The summed E-state index contributed by atoms with van der Waals surface area (Å²) in [7, 11) is 0. The first-order chi connectivity index (χ1) is 11.1. The standard InChI is InChI=1S/C16H26N6O/c1-13-18-14(2)22(19-13)10-15-6-3-4-8-20(15)11-16(23)12-21-9-5-7-17-21/h5,7,9,15-16,23H,3-4,6,8,10-12H2,1-2H3/t15-,16+/m1/s1. The highest BCUT2D eigenvalue weighted by molar-refractivity contribution is 4.90. The van der Waals surface area contributed by atoms with Crippen molar-refractivity contribution in [1.29, 1.82) is 0 Å². The van der Waals surface area contributed by atoms with E-state index in [0.29, 0.717) is 19.1 Å². The summed E-state index contributed by atoms with van der Waals surface area (Å²) in [5.74, 6) is 1.79. The van der Waals surface area contributed by atoms with Crippen molar-refractivity contribution in [2.45, 2.75) is 58.3 Å². The minimum Gasteiger partial charge on any atom is -0.390 e. The third-order valence-electron chi connectivity index (χ3n) is 4.50. The molecule has 1 N–H and O–H groups in total. The summed E-state index contributed by atoms with van der Waals surface area (Å²) in [4.78, 5) is 6.78. The minimum absolute atomic E-state index is 0.408. The highest BCUT2D eigenvalue weighted by Gasteiger charge is 2.25. The molecule has 23 heavy (non-hydrogen) atoms. The molecule has 1 fully saturated rings. The Kier molecular flexibility index (Phi) is 5.07. The van der Waals surface area contributed by atoms with Gasteiger partial charge in [-0.25, -0.2) is 9.67 Å². The van der Waals surface area contributed by atoms with Gasteiger partial charge in [-0.05, 0) is 39.3 Å². The van der Waals surface area contributed by atoms with E-state index < -0.39 is 6.10 Å². The smallest absolute Gasteiger partial charge is 0.147 e. The molecule has 0 unspecified atom stereocenters. The maximum absolute atomic E-state index is 10.4. The van der Waals surface area contributed by atoms with E-state index in [1.807, 2.05) is 30.8 Å². The molecule has 0 radical (unpaired) electrons. The second-order valence-electron chi connectivity index (χ2n) is 6.41. The number of β-amino-alcohol motifs (C(OH)–C–C–N with tert-alkyl or cyclic N) is 1.